The first-order chi connectivity index (χ1) is 12.6. The quantitative estimate of drug-likeness (QED) is 0.813. The van der Waals surface area contributed by atoms with Gasteiger partial charge < -0.3 is 10.6 Å². The maximum Gasteiger partial charge on any atom is 0.261 e. The zero-order valence-corrected chi connectivity index (χ0v) is 15.9. The molecule has 0 aromatic carbocycles. The number of aryl methyl sites for hydroxylation is 1. The molecular weight excluding hydrogens is 348 g/mol. The Hall–Kier alpha value is -2.25. The van der Waals surface area contributed by atoms with E-state index >= 15 is 0 Å². The zero-order chi connectivity index (χ0) is 18.5. The Morgan fingerprint density at radius 1 is 1.35 bits per heavy atom. The summed E-state index contributed by atoms with van der Waals surface area (Å²) in [6.07, 6.45) is 4.16. The summed E-state index contributed by atoms with van der Waals surface area (Å²) in [6.45, 7) is 5.78. The lowest BCUT2D eigenvalue weighted by molar-refractivity contribution is -0.125. The highest BCUT2D eigenvalue weighted by Gasteiger charge is 2.37. The van der Waals surface area contributed by atoms with E-state index in [0.29, 0.717) is 30.9 Å². The summed E-state index contributed by atoms with van der Waals surface area (Å²) in [7, 11) is 0. The largest absolute Gasteiger partial charge is 0.355 e. The summed E-state index contributed by atoms with van der Waals surface area (Å²) in [6, 6.07) is 7.39. The second kappa shape index (κ2) is 8.42. The van der Waals surface area contributed by atoms with E-state index in [2.05, 4.69) is 20.5 Å². The normalized spacial score (nSPS) is 20.1. The second-order valence-corrected chi connectivity index (χ2v) is 7.81. The molecule has 2 aromatic heterocycles. The van der Waals surface area contributed by atoms with Crippen LogP contribution in [0.15, 0.2) is 36.7 Å². The first-order valence-electron chi connectivity index (χ1n) is 8.84. The van der Waals surface area contributed by atoms with Crippen LogP contribution < -0.4 is 10.6 Å². The third-order valence-electron chi connectivity index (χ3n) is 4.46. The average molecular weight is 372 g/mol. The van der Waals surface area contributed by atoms with Crippen molar-refractivity contribution in [2.75, 3.05) is 13.1 Å². The van der Waals surface area contributed by atoms with Crippen molar-refractivity contribution in [2.45, 2.75) is 38.9 Å². The predicted octanol–water partition coefficient (Wildman–Crippen LogP) is 1.96. The number of carbonyl (C=O) groups is 2. The molecule has 0 radical (unpaired) electrons. The molecule has 0 aliphatic carbocycles. The number of thiophene rings is 1. The minimum absolute atomic E-state index is 0.0140. The number of hydrogen-bond donors (Lipinski definition) is 2. The van der Waals surface area contributed by atoms with E-state index in [4.69, 9.17) is 0 Å². The van der Waals surface area contributed by atoms with Crippen molar-refractivity contribution >= 4 is 23.2 Å². The molecule has 26 heavy (non-hydrogen) atoms. The van der Waals surface area contributed by atoms with E-state index in [1.165, 1.54) is 11.3 Å². The molecule has 0 saturated carbocycles. The Labute approximate surface area is 157 Å². The standard InChI is InChI=1S/C19H24N4O2S/c1-3-21-18(24)16-9-15(22-19(25)17-7-6-13(2)26-17)12-23(16)11-14-5-4-8-20-10-14/h4-8,10,15-16H,3,9,11-12H2,1-2H3,(H,21,24)(H,22,25)/t15-,16-/m0/s1. The number of pyridine rings is 1. The molecular formula is C19H24N4O2S. The van der Waals surface area contributed by atoms with E-state index in [0.717, 1.165) is 10.4 Å². The average Bonchev–Trinajstić information content (AvgIpc) is 3.22. The van der Waals surface area contributed by atoms with Gasteiger partial charge in [0.1, 0.15) is 0 Å². The molecule has 0 bridgehead atoms. The fourth-order valence-electron chi connectivity index (χ4n) is 3.29. The number of nitrogens with zero attached hydrogens (tertiary/aromatic N) is 2. The van der Waals surface area contributed by atoms with Gasteiger partial charge in [-0.1, -0.05) is 6.07 Å². The molecule has 1 fully saturated rings. The van der Waals surface area contributed by atoms with Crippen LogP contribution in [0, 0.1) is 6.92 Å². The Kier molecular flexibility index (Phi) is 6.00. The number of likely N-dealkylation sites (N-methyl/N-ethyl adjacent to an activating group) is 1. The molecule has 2 aromatic rings. The van der Waals surface area contributed by atoms with Gasteiger partial charge in [0.15, 0.2) is 0 Å². The zero-order valence-electron chi connectivity index (χ0n) is 15.1. The molecule has 0 unspecified atom stereocenters. The van der Waals surface area contributed by atoms with Crippen LogP contribution in [0.1, 0.15) is 33.5 Å². The lowest BCUT2D eigenvalue weighted by atomic mass is 10.1. The molecule has 2 N–H and O–H groups in total. The number of hydrogen-bond acceptors (Lipinski definition) is 5. The smallest absolute Gasteiger partial charge is 0.261 e. The monoisotopic (exact) mass is 372 g/mol. The van der Waals surface area contributed by atoms with E-state index in [-0.39, 0.29) is 23.9 Å². The fraction of sp³-hybridized carbons (Fsp3) is 0.421. The Balaban J connectivity index is 1.68. The van der Waals surface area contributed by atoms with Gasteiger partial charge in [0.2, 0.25) is 5.91 Å². The van der Waals surface area contributed by atoms with Crippen LogP contribution in [-0.4, -0.2) is 46.9 Å². The predicted molar refractivity (Wildman–Crippen MR) is 102 cm³/mol. The maximum absolute atomic E-state index is 12.5. The lowest BCUT2D eigenvalue weighted by Crippen LogP contribution is -2.42. The third-order valence-corrected chi connectivity index (χ3v) is 5.46. The topological polar surface area (TPSA) is 74.3 Å². The van der Waals surface area contributed by atoms with Gasteiger partial charge in [0.05, 0.1) is 10.9 Å². The van der Waals surface area contributed by atoms with Crippen molar-refractivity contribution in [1.82, 2.24) is 20.5 Å². The number of amides is 2. The first kappa shape index (κ1) is 18.5. The molecule has 2 atom stereocenters. The number of nitrogens with one attached hydrogen (secondary N) is 2. The molecule has 3 heterocycles. The Morgan fingerprint density at radius 2 is 2.19 bits per heavy atom. The number of likely N-dealkylation sites (tertiary alicyclic amines) is 1. The number of carbonyl (C=O) groups excluding carboxylic acids is 2. The minimum Gasteiger partial charge on any atom is -0.355 e. The van der Waals surface area contributed by atoms with Gasteiger partial charge in [-0.2, -0.15) is 0 Å². The molecule has 0 spiro atoms. The Morgan fingerprint density at radius 3 is 2.85 bits per heavy atom. The van der Waals surface area contributed by atoms with Crippen LogP contribution >= 0.6 is 11.3 Å². The number of aromatic nitrogens is 1. The van der Waals surface area contributed by atoms with Crippen molar-refractivity contribution in [3.05, 3.63) is 52.0 Å². The highest BCUT2D eigenvalue weighted by molar-refractivity contribution is 7.13. The van der Waals surface area contributed by atoms with Gasteiger partial charge in [-0.25, -0.2) is 0 Å². The minimum atomic E-state index is -0.245. The van der Waals surface area contributed by atoms with Crippen molar-refractivity contribution in [3.63, 3.8) is 0 Å². The van der Waals surface area contributed by atoms with Gasteiger partial charge in [0.25, 0.3) is 5.91 Å². The lowest BCUT2D eigenvalue weighted by Gasteiger charge is -2.23. The molecule has 1 aliphatic heterocycles. The SMILES string of the molecule is CCNC(=O)[C@@H]1C[C@H](NC(=O)c2ccc(C)s2)CN1Cc1cccnc1. The van der Waals surface area contributed by atoms with Gasteiger partial charge in [-0.05, 0) is 44.0 Å². The van der Waals surface area contributed by atoms with Crippen LogP contribution in [0.25, 0.3) is 0 Å². The van der Waals surface area contributed by atoms with Gasteiger partial charge >= 0.3 is 0 Å². The second-order valence-electron chi connectivity index (χ2n) is 6.52. The highest BCUT2D eigenvalue weighted by atomic mass is 32.1. The molecule has 3 rings (SSSR count). The summed E-state index contributed by atoms with van der Waals surface area (Å²) < 4.78 is 0. The Bertz CT molecular complexity index is 762. The van der Waals surface area contributed by atoms with Gasteiger partial charge in [-0.3, -0.25) is 19.5 Å². The van der Waals surface area contributed by atoms with Gasteiger partial charge in [0, 0.05) is 42.9 Å². The molecule has 1 aliphatic rings. The summed E-state index contributed by atoms with van der Waals surface area (Å²) in [5, 5.41) is 5.99. The molecule has 138 valence electrons. The van der Waals surface area contributed by atoms with Crippen LogP contribution in [0.5, 0.6) is 0 Å². The van der Waals surface area contributed by atoms with Crippen molar-refractivity contribution in [2.24, 2.45) is 0 Å². The van der Waals surface area contributed by atoms with Crippen LogP contribution in [0.3, 0.4) is 0 Å². The molecule has 7 heteroatoms. The maximum atomic E-state index is 12.5. The van der Waals surface area contributed by atoms with E-state index in [9.17, 15) is 9.59 Å². The summed E-state index contributed by atoms with van der Waals surface area (Å²) in [5.74, 6) is -0.0499. The van der Waals surface area contributed by atoms with E-state index < -0.39 is 0 Å². The van der Waals surface area contributed by atoms with Crippen LogP contribution in [0.2, 0.25) is 0 Å². The van der Waals surface area contributed by atoms with Crippen molar-refractivity contribution < 1.29 is 9.59 Å². The fourth-order valence-corrected chi connectivity index (χ4v) is 4.06. The number of rotatable bonds is 6. The molecule has 1 saturated heterocycles. The van der Waals surface area contributed by atoms with E-state index in [1.807, 2.05) is 44.3 Å². The van der Waals surface area contributed by atoms with E-state index in [1.54, 1.807) is 6.20 Å². The highest BCUT2D eigenvalue weighted by Crippen LogP contribution is 2.22. The van der Waals surface area contributed by atoms with Crippen molar-refractivity contribution in [3.8, 4) is 0 Å². The van der Waals surface area contributed by atoms with Crippen LogP contribution in [-0.2, 0) is 11.3 Å². The summed E-state index contributed by atoms with van der Waals surface area (Å²) in [4.78, 5) is 33.0. The van der Waals surface area contributed by atoms with Crippen LogP contribution in [0.4, 0.5) is 0 Å². The summed E-state index contributed by atoms with van der Waals surface area (Å²) in [5.41, 5.74) is 1.06. The third kappa shape index (κ3) is 4.47. The molecule has 6 nitrogen and oxygen atoms in total. The first-order valence-corrected chi connectivity index (χ1v) is 9.66. The van der Waals surface area contributed by atoms with Gasteiger partial charge in [-0.15, -0.1) is 11.3 Å². The summed E-state index contributed by atoms with van der Waals surface area (Å²) >= 11 is 1.48. The van der Waals surface area contributed by atoms with Crippen molar-refractivity contribution in [1.29, 1.82) is 0 Å². The molecule has 2 amide bonds.